The van der Waals surface area contributed by atoms with Crippen molar-refractivity contribution in [1.82, 2.24) is 4.90 Å². The maximum Gasteiger partial charge on any atom is 0.290 e. The SMILES string of the molecule is O=CN1Cc2ccc(Br)cc2C(F)(F)C1. The Morgan fingerprint density at radius 3 is 2.87 bits per heavy atom. The van der Waals surface area contributed by atoms with Crippen molar-refractivity contribution < 1.29 is 13.6 Å². The Kier molecular flexibility index (Phi) is 2.50. The summed E-state index contributed by atoms with van der Waals surface area (Å²) < 4.78 is 27.8. The molecule has 1 aliphatic rings. The summed E-state index contributed by atoms with van der Waals surface area (Å²) in [4.78, 5) is 11.6. The van der Waals surface area contributed by atoms with Gasteiger partial charge in [0.05, 0.1) is 6.54 Å². The molecule has 0 radical (unpaired) electrons. The van der Waals surface area contributed by atoms with Crippen LogP contribution in [0.25, 0.3) is 0 Å². The third-order valence-corrected chi connectivity index (χ3v) is 2.88. The monoisotopic (exact) mass is 275 g/mol. The van der Waals surface area contributed by atoms with E-state index in [9.17, 15) is 13.6 Å². The van der Waals surface area contributed by atoms with Crippen molar-refractivity contribution in [2.75, 3.05) is 6.54 Å². The van der Waals surface area contributed by atoms with Crippen LogP contribution in [0.1, 0.15) is 11.1 Å². The third kappa shape index (κ3) is 1.88. The highest BCUT2D eigenvalue weighted by atomic mass is 79.9. The minimum absolute atomic E-state index is 0.00924. The van der Waals surface area contributed by atoms with Crippen LogP contribution in [0, 0.1) is 0 Å². The Bertz CT molecular complexity index is 408. The van der Waals surface area contributed by atoms with Gasteiger partial charge in [0.15, 0.2) is 0 Å². The molecule has 0 saturated carbocycles. The fourth-order valence-electron chi connectivity index (χ4n) is 1.72. The molecular formula is C10H8BrF2NO. The number of halogens is 3. The van der Waals surface area contributed by atoms with Gasteiger partial charge in [-0.2, -0.15) is 8.78 Å². The lowest BCUT2D eigenvalue weighted by molar-refractivity contribution is -0.127. The molecule has 80 valence electrons. The average Bonchev–Trinajstić information content (AvgIpc) is 2.18. The highest BCUT2D eigenvalue weighted by Gasteiger charge is 2.39. The molecule has 15 heavy (non-hydrogen) atoms. The van der Waals surface area contributed by atoms with Crippen LogP contribution in [-0.2, 0) is 17.3 Å². The summed E-state index contributed by atoms with van der Waals surface area (Å²) >= 11 is 3.16. The fourth-order valence-corrected chi connectivity index (χ4v) is 2.08. The van der Waals surface area contributed by atoms with E-state index in [0.717, 1.165) is 4.90 Å². The molecule has 0 bridgehead atoms. The molecule has 1 amide bonds. The standard InChI is InChI=1S/C10H8BrF2NO/c11-8-2-1-7-4-14(6-15)5-10(12,13)9(7)3-8/h1-3,6H,4-5H2. The molecule has 2 rings (SSSR count). The highest BCUT2D eigenvalue weighted by Crippen LogP contribution is 2.37. The van der Waals surface area contributed by atoms with Gasteiger partial charge in [0.25, 0.3) is 5.92 Å². The molecule has 5 heteroatoms. The van der Waals surface area contributed by atoms with Crippen molar-refractivity contribution in [2.45, 2.75) is 12.5 Å². The molecule has 1 aromatic carbocycles. The van der Waals surface area contributed by atoms with Crippen molar-refractivity contribution in [1.29, 1.82) is 0 Å². The minimum Gasteiger partial charge on any atom is -0.334 e. The quantitative estimate of drug-likeness (QED) is 0.722. The van der Waals surface area contributed by atoms with E-state index >= 15 is 0 Å². The summed E-state index contributed by atoms with van der Waals surface area (Å²) in [6, 6.07) is 4.73. The van der Waals surface area contributed by atoms with E-state index in [1.165, 1.54) is 6.07 Å². The summed E-state index contributed by atoms with van der Waals surface area (Å²) in [6.07, 6.45) is 0.457. The number of benzene rings is 1. The van der Waals surface area contributed by atoms with Crippen molar-refractivity contribution in [3.63, 3.8) is 0 Å². The first-order chi connectivity index (χ1) is 7.03. The second-order valence-corrected chi connectivity index (χ2v) is 4.43. The number of fused-ring (bicyclic) bond motifs is 1. The topological polar surface area (TPSA) is 20.3 Å². The zero-order valence-corrected chi connectivity index (χ0v) is 9.30. The van der Waals surface area contributed by atoms with Gasteiger partial charge in [-0.1, -0.05) is 22.0 Å². The van der Waals surface area contributed by atoms with Gasteiger partial charge >= 0.3 is 0 Å². The zero-order valence-electron chi connectivity index (χ0n) is 7.71. The molecule has 1 heterocycles. The fraction of sp³-hybridized carbons (Fsp3) is 0.300. The second kappa shape index (κ2) is 3.56. The van der Waals surface area contributed by atoms with Gasteiger partial charge in [-0.15, -0.1) is 0 Å². The molecule has 0 atom stereocenters. The van der Waals surface area contributed by atoms with E-state index in [4.69, 9.17) is 0 Å². The highest BCUT2D eigenvalue weighted by molar-refractivity contribution is 9.10. The summed E-state index contributed by atoms with van der Waals surface area (Å²) in [6.45, 7) is -0.290. The molecule has 0 N–H and O–H groups in total. The maximum absolute atomic E-state index is 13.6. The molecule has 0 spiro atoms. The first-order valence-corrected chi connectivity index (χ1v) is 5.18. The van der Waals surface area contributed by atoms with E-state index < -0.39 is 12.5 Å². The smallest absolute Gasteiger partial charge is 0.290 e. The van der Waals surface area contributed by atoms with Gasteiger partial charge in [-0.25, -0.2) is 0 Å². The Hall–Kier alpha value is -0.970. The molecule has 2 nitrogen and oxygen atoms in total. The predicted molar refractivity (Wildman–Crippen MR) is 54.5 cm³/mol. The number of carbonyl (C=O) groups excluding carboxylic acids is 1. The number of amides is 1. The molecule has 0 fully saturated rings. The summed E-state index contributed by atoms with van der Waals surface area (Å²) in [5, 5.41) is 0. The van der Waals surface area contributed by atoms with E-state index in [0.29, 0.717) is 16.4 Å². The van der Waals surface area contributed by atoms with Crippen LogP contribution in [0.15, 0.2) is 22.7 Å². The van der Waals surface area contributed by atoms with Crippen LogP contribution in [0.2, 0.25) is 0 Å². The first-order valence-electron chi connectivity index (χ1n) is 4.39. The number of carbonyl (C=O) groups is 1. The van der Waals surface area contributed by atoms with Crippen LogP contribution < -0.4 is 0 Å². The number of nitrogens with zero attached hydrogens (tertiary/aromatic N) is 1. The van der Waals surface area contributed by atoms with Gasteiger partial charge in [0.2, 0.25) is 6.41 Å². The average molecular weight is 276 g/mol. The zero-order chi connectivity index (χ0) is 11.1. The first kappa shape index (κ1) is 10.5. The number of hydrogen-bond donors (Lipinski definition) is 0. The molecule has 1 aromatic rings. The van der Waals surface area contributed by atoms with Crippen LogP contribution >= 0.6 is 15.9 Å². The second-order valence-electron chi connectivity index (χ2n) is 3.52. The molecule has 1 aliphatic heterocycles. The normalized spacial score (nSPS) is 18.5. The number of rotatable bonds is 1. The maximum atomic E-state index is 13.6. The largest absolute Gasteiger partial charge is 0.334 e. The lowest BCUT2D eigenvalue weighted by atomic mass is 9.97. The minimum atomic E-state index is -2.96. The summed E-state index contributed by atoms with van der Waals surface area (Å²) in [5.41, 5.74) is 0.511. The Morgan fingerprint density at radius 1 is 1.47 bits per heavy atom. The van der Waals surface area contributed by atoms with Crippen molar-refractivity contribution in [2.24, 2.45) is 0 Å². The van der Waals surface area contributed by atoms with Crippen molar-refractivity contribution in [3.05, 3.63) is 33.8 Å². The molecule has 0 aliphatic carbocycles. The van der Waals surface area contributed by atoms with E-state index in [-0.39, 0.29) is 12.1 Å². The Morgan fingerprint density at radius 2 is 2.20 bits per heavy atom. The molecular weight excluding hydrogens is 268 g/mol. The van der Waals surface area contributed by atoms with Crippen LogP contribution in [0.5, 0.6) is 0 Å². The van der Waals surface area contributed by atoms with Gasteiger partial charge in [-0.05, 0) is 17.7 Å². The van der Waals surface area contributed by atoms with E-state index in [1.807, 2.05) is 0 Å². The van der Waals surface area contributed by atoms with Gasteiger partial charge in [0, 0.05) is 16.6 Å². The number of hydrogen-bond acceptors (Lipinski definition) is 1. The van der Waals surface area contributed by atoms with Gasteiger partial charge < -0.3 is 4.90 Å². The molecule has 0 aromatic heterocycles. The summed E-state index contributed by atoms with van der Waals surface area (Å²) in [5.74, 6) is -2.96. The van der Waals surface area contributed by atoms with Crippen LogP contribution in [0.3, 0.4) is 0 Å². The lowest BCUT2D eigenvalue weighted by Gasteiger charge is -2.32. The van der Waals surface area contributed by atoms with Crippen molar-refractivity contribution >= 4 is 22.3 Å². The Balaban J connectivity index is 2.49. The van der Waals surface area contributed by atoms with Crippen LogP contribution in [-0.4, -0.2) is 17.9 Å². The molecule has 0 saturated heterocycles. The van der Waals surface area contributed by atoms with E-state index in [1.54, 1.807) is 12.1 Å². The van der Waals surface area contributed by atoms with Gasteiger partial charge in [0.1, 0.15) is 0 Å². The lowest BCUT2D eigenvalue weighted by Crippen LogP contribution is -2.39. The number of alkyl halides is 2. The molecule has 0 unspecified atom stereocenters. The third-order valence-electron chi connectivity index (χ3n) is 2.39. The summed E-state index contributed by atoms with van der Waals surface area (Å²) in [7, 11) is 0. The predicted octanol–water partition coefficient (Wildman–Crippen LogP) is 2.51. The van der Waals surface area contributed by atoms with Gasteiger partial charge in [-0.3, -0.25) is 4.79 Å². The Labute approximate surface area is 94.0 Å². The van der Waals surface area contributed by atoms with E-state index in [2.05, 4.69) is 15.9 Å². The van der Waals surface area contributed by atoms with Crippen molar-refractivity contribution in [3.8, 4) is 0 Å². The van der Waals surface area contributed by atoms with Crippen LogP contribution in [0.4, 0.5) is 8.78 Å².